The largest absolute Gasteiger partial charge is 0.370 e. The second kappa shape index (κ2) is 6.15. The average Bonchev–Trinajstić information content (AvgIpc) is 2.88. The van der Waals surface area contributed by atoms with E-state index in [1.165, 1.54) is 0 Å². The third kappa shape index (κ3) is 3.42. The van der Waals surface area contributed by atoms with Crippen molar-refractivity contribution < 1.29 is 4.79 Å². The Morgan fingerprint density at radius 1 is 1.42 bits per heavy atom. The number of hydrogen-bond acceptors (Lipinski definition) is 3. The van der Waals surface area contributed by atoms with Crippen molar-refractivity contribution in [3.63, 3.8) is 0 Å². The maximum absolute atomic E-state index is 11.1. The molecule has 0 aliphatic heterocycles. The number of carbonyl (C=O) groups is 1. The fourth-order valence-corrected chi connectivity index (χ4v) is 1.99. The number of primary amides is 1. The molecule has 0 fully saturated rings. The molecule has 0 aliphatic carbocycles. The second-order valence-electron chi connectivity index (χ2n) is 4.33. The van der Waals surface area contributed by atoms with Crippen LogP contribution in [0.15, 0.2) is 42.7 Å². The summed E-state index contributed by atoms with van der Waals surface area (Å²) >= 11 is 0. The van der Waals surface area contributed by atoms with Gasteiger partial charge in [-0.05, 0) is 18.7 Å². The van der Waals surface area contributed by atoms with Gasteiger partial charge in [-0.2, -0.15) is 5.10 Å². The summed E-state index contributed by atoms with van der Waals surface area (Å²) in [5.41, 5.74) is 7.22. The number of rotatable bonds is 6. The zero-order chi connectivity index (χ0) is 13.7. The van der Waals surface area contributed by atoms with E-state index in [2.05, 4.69) is 10.4 Å². The minimum atomic E-state index is -0.321. The summed E-state index contributed by atoms with van der Waals surface area (Å²) < 4.78 is 1.79. The molecule has 5 heteroatoms. The molecule has 2 aromatic rings. The molecule has 1 amide bonds. The fourth-order valence-electron chi connectivity index (χ4n) is 1.99. The zero-order valence-corrected chi connectivity index (χ0v) is 10.9. The van der Waals surface area contributed by atoms with E-state index in [0.29, 0.717) is 0 Å². The van der Waals surface area contributed by atoms with Gasteiger partial charge in [0.05, 0.1) is 11.9 Å². The molecule has 1 heterocycles. The van der Waals surface area contributed by atoms with Crippen molar-refractivity contribution in [2.24, 2.45) is 5.73 Å². The van der Waals surface area contributed by atoms with Gasteiger partial charge in [0, 0.05) is 24.2 Å². The van der Waals surface area contributed by atoms with Crippen LogP contribution < -0.4 is 11.1 Å². The van der Waals surface area contributed by atoms with Crippen LogP contribution in [0, 0.1) is 0 Å². The Kier molecular flexibility index (Phi) is 4.30. The third-order valence-electron chi connectivity index (χ3n) is 2.88. The number of benzene rings is 1. The average molecular weight is 258 g/mol. The number of carbonyl (C=O) groups excluding carboxylic acids is 1. The lowest BCUT2D eigenvalue weighted by atomic mass is 10.1. The summed E-state index contributed by atoms with van der Waals surface area (Å²) in [5, 5.41) is 7.56. The highest BCUT2D eigenvalue weighted by atomic mass is 16.1. The summed E-state index contributed by atoms with van der Waals surface area (Å²) in [5.74, 6) is -0.321. The third-order valence-corrected chi connectivity index (χ3v) is 2.88. The second-order valence-corrected chi connectivity index (χ2v) is 4.33. The number of nitrogens with one attached hydrogen (secondary N) is 1. The fraction of sp³-hybridized carbons (Fsp3) is 0.286. The van der Waals surface area contributed by atoms with Crippen molar-refractivity contribution in [2.45, 2.75) is 19.4 Å². The normalized spacial score (nSPS) is 12.3. The van der Waals surface area contributed by atoms with Crippen molar-refractivity contribution in [3.8, 4) is 5.69 Å². The maximum Gasteiger partial charge on any atom is 0.219 e. The summed E-state index contributed by atoms with van der Waals surface area (Å²) in [6.45, 7) is 2.77. The van der Waals surface area contributed by atoms with Gasteiger partial charge in [0.15, 0.2) is 0 Å². The standard InChI is InChI=1S/C14H18N4O/c1-2-16-13(8-14(15)19)11-9-17-18(10-11)12-6-4-3-5-7-12/h3-7,9-10,13,16H,2,8H2,1H3,(H2,15,19). The molecule has 1 aromatic carbocycles. The quantitative estimate of drug-likeness (QED) is 0.822. The number of aromatic nitrogens is 2. The molecule has 0 radical (unpaired) electrons. The first-order valence-corrected chi connectivity index (χ1v) is 6.32. The predicted octanol–water partition coefficient (Wildman–Crippen LogP) is 1.40. The van der Waals surface area contributed by atoms with Gasteiger partial charge in [-0.1, -0.05) is 25.1 Å². The molecule has 0 bridgehead atoms. The lowest BCUT2D eigenvalue weighted by molar-refractivity contribution is -0.118. The van der Waals surface area contributed by atoms with E-state index in [0.717, 1.165) is 17.8 Å². The number of nitrogens with two attached hydrogens (primary N) is 1. The molecule has 1 aromatic heterocycles. The topological polar surface area (TPSA) is 72.9 Å². The van der Waals surface area contributed by atoms with Gasteiger partial charge < -0.3 is 11.1 Å². The predicted molar refractivity (Wildman–Crippen MR) is 73.8 cm³/mol. The van der Waals surface area contributed by atoms with Crippen LogP contribution in [0.2, 0.25) is 0 Å². The number of amides is 1. The van der Waals surface area contributed by atoms with Crippen molar-refractivity contribution in [1.82, 2.24) is 15.1 Å². The molecule has 0 spiro atoms. The first-order chi connectivity index (χ1) is 9.20. The summed E-state index contributed by atoms with van der Waals surface area (Å²) in [7, 11) is 0. The maximum atomic E-state index is 11.1. The van der Waals surface area contributed by atoms with Gasteiger partial charge in [0.25, 0.3) is 0 Å². The first kappa shape index (κ1) is 13.3. The van der Waals surface area contributed by atoms with Crippen LogP contribution in [0.4, 0.5) is 0 Å². The molecule has 5 nitrogen and oxygen atoms in total. The molecule has 1 unspecified atom stereocenters. The van der Waals surface area contributed by atoms with Gasteiger partial charge in [0.1, 0.15) is 0 Å². The lowest BCUT2D eigenvalue weighted by Crippen LogP contribution is -2.26. The first-order valence-electron chi connectivity index (χ1n) is 6.32. The zero-order valence-electron chi connectivity index (χ0n) is 10.9. The Balaban J connectivity index is 2.21. The van der Waals surface area contributed by atoms with E-state index in [4.69, 9.17) is 5.73 Å². The molecule has 0 saturated carbocycles. The van der Waals surface area contributed by atoms with Gasteiger partial charge in [0.2, 0.25) is 5.91 Å². The highest BCUT2D eigenvalue weighted by molar-refractivity contribution is 5.74. The lowest BCUT2D eigenvalue weighted by Gasteiger charge is -2.13. The van der Waals surface area contributed by atoms with Gasteiger partial charge in [-0.15, -0.1) is 0 Å². The van der Waals surface area contributed by atoms with Gasteiger partial charge >= 0.3 is 0 Å². The molecule has 0 saturated heterocycles. The summed E-state index contributed by atoms with van der Waals surface area (Å²) in [6, 6.07) is 9.76. The number of hydrogen-bond donors (Lipinski definition) is 2. The molecule has 100 valence electrons. The Bertz CT molecular complexity index is 535. The minimum Gasteiger partial charge on any atom is -0.370 e. The van der Waals surface area contributed by atoms with Gasteiger partial charge in [-0.3, -0.25) is 4.79 Å². The number of para-hydroxylation sites is 1. The number of nitrogens with zero attached hydrogens (tertiary/aromatic N) is 2. The van der Waals surface area contributed by atoms with Crippen LogP contribution in [0.3, 0.4) is 0 Å². The summed E-state index contributed by atoms with van der Waals surface area (Å²) in [6.07, 6.45) is 3.96. The van der Waals surface area contributed by atoms with Crippen LogP contribution in [0.1, 0.15) is 24.9 Å². The molecular formula is C14H18N4O. The Morgan fingerprint density at radius 3 is 2.79 bits per heavy atom. The highest BCUT2D eigenvalue weighted by Gasteiger charge is 2.15. The SMILES string of the molecule is CCNC(CC(N)=O)c1cnn(-c2ccccc2)c1. The Labute approximate surface area is 112 Å². The minimum absolute atomic E-state index is 0.0834. The van der Waals surface area contributed by atoms with E-state index in [9.17, 15) is 4.79 Å². The molecule has 2 rings (SSSR count). The monoisotopic (exact) mass is 258 g/mol. The van der Waals surface area contributed by atoms with Crippen LogP contribution in [0.25, 0.3) is 5.69 Å². The van der Waals surface area contributed by atoms with Crippen molar-refractivity contribution in [1.29, 1.82) is 0 Å². The molecule has 19 heavy (non-hydrogen) atoms. The van der Waals surface area contributed by atoms with Crippen molar-refractivity contribution >= 4 is 5.91 Å². The molecular weight excluding hydrogens is 240 g/mol. The molecule has 3 N–H and O–H groups in total. The van der Waals surface area contributed by atoms with Crippen LogP contribution in [0.5, 0.6) is 0 Å². The molecule has 1 atom stereocenters. The van der Waals surface area contributed by atoms with Crippen molar-refractivity contribution in [2.75, 3.05) is 6.54 Å². The van der Waals surface area contributed by atoms with E-state index in [1.54, 1.807) is 10.9 Å². The Morgan fingerprint density at radius 2 is 2.16 bits per heavy atom. The van der Waals surface area contributed by atoms with Crippen LogP contribution in [-0.4, -0.2) is 22.2 Å². The van der Waals surface area contributed by atoms with E-state index in [-0.39, 0.29) is 18.4 Å². The van der Waals surface area contributed by atoms with Crippen LogP contribution >= 0.6 is 0 Å². The van der Waals surface area contributed by atoms with E-state index < -0.39 is 0 Å². The van der Waals surface area contributed by atoms with E-state index >= 15 is 0 Å². The van der Waals surface area contributed by atoms with Crippen molar-refractivity contribution in [3.05, 3.63) is 48.3 Å². The Hall–Kier alpha value is -2.14. The van der Waals surface area contributed by atoms with Crippen LogP contribution in [-0.2, 0) is 4.79 Å². The smallest absolute Gasteiger partial charge is 0.219 e. The van der Waals surface area contributed by atoms with Gasteiger partial charge in [-0.25, -0.2) is 4.68 Å². The van der Waals surface area contributed by atoms with E-state index in [1.807, 2.05) is 43.5 Å². The molecule has 0 aliphatic rings. The summed E-state index contributed by atoms with van der Waals surface area (Å²) in [4.78, 5) is 11.1. The highest BCUT2D eigenvalue weighted by Crippen LogP contribution is 2.17.